The highest BCUT2D eigenvalue weighted by atomic mass is 35.5. The quantitative estimate of drug-likeness (QED) is 0.318. The Hall–Kier alpha value is -2.33. The van der Waals surface area contributed by atoms with E-state index in [0.29, 0.717) is 16.5 Å². The molecule has 1 unspecified atom stereocenters. The third-order valence-corrected chi connectivity index (χ3v) is 7.55. The van der Waals surface area contributed by atoms with Crippen LogP contribution in [0.2, 0.25) is 10.0 Å². The maximum atomic E-state index is 12.5. The van der Waals surface area contributed by atoms with Crippen LogP contribution in [0.3, 0.4) is 0 Å². The average Bonchev–Trinajstić information content (AvgIpc) is 3.22. The molecule has 2 nitrogen and oxygen atoms in total. The SMILES string of the molecule is FCCCN1CCC(Oc2ccc(C3=C(c4ccc(Cl)cc4Cl)CCCc4ccccc43)cc2)C1. The molecule has 0 spiro atoms. The summed E-state index contributed by atoms with van der Waals surface area (Å²) in [4.78, 5) is 2.29. The van der Waals surface area contributed by atoms with E-state index in [4.69, 9.17) is 27.9 Å². The van der Waals surface area contributed by atoms with E-state index in [-0.39, 0.29) is 12.8 Å². The molecular formula is C30H30Cl2FNO. The van der Waals surface area contributed by atoms with Gasteiger partial charge in [0.05, 0.1) is 6.67 Å². The van der Waals surface area contributed by atoms with E-state index in [9.17, 15) is 4.39 Å². The molecule has 35 heavy (non-hydrogen) atoms. The normalized spacial score (nSPS) is 18.4. The van der Waals surface area contributed by atoms with Crippen LogP contribution in [-0.2, 0) is 6.42 Å². The van der Waals surface area contributed by atoms with Crippen LogP contribution in [0.15, 0.2) is 66.7 Å². The molecule has 1 aliphatic heterocycles. The molecule has 0 aromatic heterocycles. The van der Waals surface area contributed by atoms with Crippen LogP contribution >= 0.6 is 23.2 Å². The maximum absolute atomic E-state index is 12.5. The number of likely N-dealkylation sites (tertiary alicyclic amines) is 1. The Morgan fingerprint density at radius 2 is 1.77 bits per heavy atom. The zero-order chi connectivity index (χ0) is 24.2. The van der Waals surface area contributed by atoms with Crippen molar-refractivity contribution in [2.45, 2.75) is 38.2 Å². The fourth-order valence-electron chi connectivity index (χ4n) is 5.33. The van der Waals surface area contributed by atoms with E-state index in [0.717, 1.165) is 62.2 Å². The Balaban J connectivity index is 1.47. The predicted molar refractivity (Wildman–Crippen MR) is 144 cm³/mol. The van der Waals surface area contributed by atoms with Gasteiger partial charge < -0.3 is 4.74 Å². The minimum absolute atomic E-state index is 0.154. The average molecular weight is 510 g/mol. The molecule has 0 bridgehead atoms. The van der Waals surface area contributed by atoms with Crippen molar-refractivity contribution in [2.24, 2.45) is 0 Å². The van der Waals surface area contributed by atoms with E-state index in [2.05, 4.69) is 53.4 Å². The third-order valence-electron chi connectivity index (χ3n) is 7.00. The number of nitrogens with zero attached hydrogens (tertiary/aromatic N) is 1. The summed E-state index contributed by atoms with van der Waals surface area (Å²) in [6, 6.07) is 22.9. The van der Waals surface area contributed by atoms with Gasteiger partial charge in [-0.3, -0.25) is 9.29 Å². The molecule has 2 aliphatic rings. The van der Waals surface area contributed by atoms with Gasteiger partial charge in [0, 0.05) is 29.7 Å². The lowest BCUT2D eigenvalue weighted by Crippen LogP contribution is -2.26. The number of aryl methyl sites for hydroxylation is 1. The lowest BCUT2D eigenvalue weighted by atomic mass is 9.88. The molecule has 1 saturated heterocycles. The molecule has 0 N–H and O–H groups in total. The smallest absolute Gasteiger partial charge is 0.119 e. The summed E-state index contributed by atoms with van der Waals surface area (Å²) in [5.74, 6) is 0.875. The second-order valence-electron chi connectivity index (χ2n) is 9.38. The van der Waals surface area contributed by atoms with Crippen molar-refractivity contribution < 1.29 is 9.13 Å². The van der Waals surface area contributed by atoms with Crippen LogP contribution in [0.1, 0.15) is 47.9 Å². The number of benzene rings is 3. The zero-order valence-electron chi connectivity index (χ0n) is 19.8. The third kappa shape index (κ3) is 5.58. The van der Waals surface area contributed by atoms with Crippen LogP contribution in [0.5, 0.6) is 5.75 Å². The first-order chi connectivity index (χ1) is 17.1. The molecular weight excluding hydrogens is 480 g/mol. The first kappa shape index (κ1) is 24.4. The van der Waals surface area contributed by atoms with Crippen molar-refractivity contribution in [3.8, 4) is 5.75 Å². The number of rotatable bonds is 7. The summed E-state index contributed by atoms with van der Waals surface area (Å²) >= 11 is 12.9. The standard InChI is InChI=1S/C30H30Cl2FNO/c31-23-11-14-27(29(32)19-23)28-8-3-6-21-5-1-2-7-26(21)30(28)22-9-12-24(13-10-22)35-25-15-18-34(20-25)17-4-16-33/h1-2,5,7,9-14,19,25H,3-4,6,8,15-18,20H2. The molecule has 0 amide bonds. The minimum atomic E-state index is -0.258. The van der Waals surface area contributed by atoms with Gasteiger partial charge in [0.1, 0.15) is 11.9 Å². The molecule has 0 radical (unpaired) electrons. The zero-order valence-corrected chi connectivity index (χ0v) is 21.3. The molecule has 1 aliphatic carbocycles. The van der Waals surface area contributed by atoms with Gasteiger partial charge >= 0.3 is 0 Å². The minimum Gasteiger partial charge on any atom is -0.489 e. The first-order valence-electron chi connectivity index (χ1n) is 12.4. The van der Waals surface area contributed by atoms with Gasteiger partial charge in [-0.05, 0) is 89.8 Å². The summed E-state index contributed by atoms with van der Waals surface area (Å²) in [5, 5.41) is 1.33. The number of alkyl halides is 1. The van der Waals surface area contributed by atoms with Crippen LogP contribution in [0, 0.1) is 0 Å². The monoisotopic (exact) mass is 509 g/mol. The van der Waals surface area contributed by atoms with E-state index in [1.807, 2.05) is 18.2 Å². The number of ether oxygens (including phenoxy) is 1. The van der Waals surface area contributed by atoms with Crippen LogP contribution in [0.4, 0.5) is 4.39 Å². The van der Waals surface area contributed by atoms with Crippen molar-refractivity contribution in [3.05, 3.63) is 99.0 Å². The molecule has 5 heteroatoms. The molecule has 3 aromatic rings. The van der Waals surface area contributed by atoms with Crippen LogP contribution in [-0.4, -0.2) is 37.3 Å². The highest BCUT2D eigenvalue weighted by Crippen LogP contribution is 2.42. The first-order valence-corrected chi connectivity index (χ1v) is 13.2. The van der Waals surface area contributed by atoms with Crippen molar-refractivity contribution >= 4 is 34.3 Å². The predicted octanol–water partition coefficient (Wildman–Crippen LogP) is 8.10. The Labute approximate surface area is 217 Å². The van der Waals surface area contributed by atoms with Gasteiger partial charge in [-0.15, -0.1) is 0 Å². The van der Waals surface area contributed by atoms with Crippen molar-refractivity contribution in [1.29, 1.82) is 0 Å². The summed E-state index contributed by atoms with van der Waals surface area (Å²) in [7, 11) is 0. The van der Waals surface area contributed by atoms with E-state index in [1.54, 1.807) is 0 Å². The second kappa shape index (κ2) is 11.2. The Kier molecular flexibility index (Phi) is 7.77. The summed E-state index contributed by atoms with van der Waals surface area (Å²) in [6.07, 6.45) is 4.78. The molecule has 1 heterocycles. The largest absolute Gasteiger partial charge is 0.489 e. The van der Waals surface area contributed by atoms with Crippen LogP contribution in [0.25, 0.3) is 11.1 Å². The van der Waals surface area contributed by atoms with Gasteiger partial charge in [0.2, 0.25) is 0 Å². The van der Waals surface area contributed by atoms with Crippen LogP contribution < -0.4 is 4.74 Å². The number of hydrogen-bond donors (Lipinski definition) is 0. The lowest BCUT2D eigenvalue weighted by molar-refractivity contribution is 0.198. The van der Waals surface area contributed by atoms with Gasteiger partial charge in [-0.25, -0.2) is 0 Å². The number of halogens is 3. The Bertz CT molecular complexity index is 1210. The summed E-state index contributed by atoms with van der Waals surface area (Å²) < 4.78 is 18.8. The highest BCUT2D eigenvalue weighted by Gasteiger charge is 2.24. The molecule has 0 saturated carbocycles. The maximum Gasteiger partial charge on any atom is 0.119 e. The summed E-state index contributed by atoms with van der Waals surface area (Å²) in [5.41, 5.74) is 7.31. The molecule has 1 atom stereocenters. The van der Waals surface area contributed by atoms with Gasteiger partial charge in [-0.1, -0.05) is 65.7 Å². The number of fused-ring (bicyclic) bond motifs is 1. The molecule has 1 fully saturated rings. The van der Waals surface area contributed by atoms with Crippen molar-refractivity contribution in [1.82, 2.24) is 4.90 Å². The fraction of sp³-hybridized carbons (Fsp3) is 0.333. The van der Waals surface area contributed by atoms with Gasteiger partial charge in [0.25, 0.3) is 0 Å². The highest BCUT2D eigenvalue weighted by molar-refractivity contribution is 6.36. The Morgan fingerprint density at radius 1 is 0.943 bits per heavy atom. The fourth-order valence-corrected chi connectivity index (χ4v) is 5.85. The van der Waals surface area contributed by atoms with E-state index in [1.165, 1.54) is 22.3 Å². The van der Waals surface area contributed by atoms with Crippen molar-refractivity contribution in [3.63, 3.8) is 0 Å². The molecule has 5 rings (SSSR count). The van der Waals surface area contributed by atoms with Gasteiger partial charge in [-0.2, -0.15) is 0 Å². The topological polar surface area (TPSA) is 12.5 Å². The number of allylic oxidation sites excluding steroid dienone is 1. The molecule has 182 valence electrons. The van der Waals surface area contributed by atoms with E-state index < -0.39 is 0 Å². The van der Waals surface area contributed by atoms with Gasteiger partial charge in [0.15, 0.2) is 0 Å². The summed E-state index contributed by atoms with van der Waals surface area (Å²) in [6.45, 7) is 2.38. The molecule has 3 aromatic carbocycles. The Morgan fingerprint density at radius 3 is 2.57 bits per heavy atom. The van der Waals surface area contributed by atoms with E-state index >= 15 is 0 Å². The second-order valence-corrected chi connectivity index (χ2v) is 10.2. The van der Waals surface area contributed by atoms with Crippen molar-refractivity contribution in [2.75, 3.05) is 26.3 Å². The lowest BCUT2D eigenvalue weighted by Gasteiger charge is -2.19. The number of hydrogen-bond acceptors (Lipinski definition) is 2.